The summed E-state index contributed by atoms with van der Waals surface area (Å²) in [6, 6.07) is 20.3. The van der Waals surface area contributed by atoms with E-state index in [0.717, 1.165) is 11.3 Å². The Bertz CT molecular complexity index is 876. The number of nitrogens with zero attached hydrogens (tertiary/aromatic N) is 1. The van der Waals surface area contributed by atoms with Crippen molar-refractivity contribution < 1.29 is 13.6 Å². The number of hydrogen-bond donors (Lipinski definition) is 0. The summed E-state index contributed by atoms with van der Waals surface area (Å²) in [4.78, 5) is 14.9. The molecule has 4 heteroatoms. The molecule has 1 amide bonds. The maximum absolute atomic E-state index is 14.0. The molecule has 0 bridgehead atoms. The van der Waals surface area contributed by atoms with Gasteiger partial charge >= 0.3 is 0 Å². The van der Waals surface area contributed by atoms with Crippen molar-refractivity contribution in [3.8, 4) is 0 Å². The molecule has 0 spiro atoms. The van der Waals surface area contributed by atoms with E-state index in [0.29, 0.717) is 25.1 Å². The lowest BCUT2D eigenvalue weighted by molar-refractivity contribution is -0.134. The number of hydrogen-bond acceptors (Lipinski definition) is 2. The molecule has 1 heterocycles. The fourth-order valence-corrected chi connectivity index (χ4v) is 3.43. The second-order valence-corrected chi connectivity index (χ2v) is 6.73. The summed E-state index contributed by atoms with van der Waals surface area (Å²) >= 11 is 0. The van der Waals surface area contributed by atoms with Crippen LogP contribution >= 0.6 is 0 Å². The molecule has 0 N–H and O–H groups in total. The van der Waals surface area contributed by atoms with Crippen molar-refractivity contribution in [1.82, 2.24) is 4.90 Å². The van der Waals surface area contributed by atoms with Gasteiger partial charge in [-0.1, -0.05) is 48.5 Å². The molecule has 2 atom stereocenters. The third kappa shape index (κ3) is 3.54. The normalized spacial score (nSPS) is 18.5. The second-order valence-electron chi connectivity index (χ2n) is 6.73. The van der Waals surface area contributed by atoms with Crippen molar-refractivity contribution in [3.05, 3.63) is 95.7 Å². The lowest BCUT2D eigenvalue weighted by Crippen LogP contribution is -2.31. The van der Waals surface area contributed by atoms with Gasteiger partial charge in [0.2, 0.25) is 5.91 Å². The standard InChI is InChI=1S/C22H20FNO2/c23-21-11-5-4-10-18(21)19-13-20(19)22(25)24(15-17-9-6-12-26-17)14-16-7-2-1-3-8-16/h1-12,19-20H,13-15H2. The quantitative estimate of drug-likeness (QED) is 0.643. The molecule has 1 fully saturated rings. The highest BCUT2D eigenvalue weighted by molar-refractivity contribution is 5.83. The van der Waals surface area contributed by atoms with Gasteiger partial charge in [-0.05, 0) is 41.7 Å². The minimum atomic E-state index is -0.228. The molecule has 0 radical (unpaired) electrons. The largest absolute Gasteiger partial charge is 0.467 e. The van der Waals surface area contributed by atoms with Crippen LogP contribution in [0.2, 0.25) is 0 Å². The minimum absolute atomic E-state index is 0.0291. The van der Waals surface area contributed by atoms with Gasteiger partial charge in [-0.3, -0.25) is 4.79 Å². The molecule has 2 aromatic carbocycles. The van der Waals surface area contributed by atoms with E-state index in [9.17, 15) is 9.18 Å². The van der Waals surface area contributed by atoms with Gasteiger partial charge in [0.05, 0.1) is 12.8 Å². The Balaban J connectivity index is 1.52. The third-order valence-electron chi connectivity index (χ3n) is 4.87. The van der Waals surface area contributed by atoms with E-state index in [1.807, 2.05) is 48.5 Å². The predicted molar refractivity (Wildman–Crippen MR) is 96.7 cm³/mol. The van der Waals surface area contributed by atoms with Crippen molar-refractivity contribution in [3.63, 3.8) is 0 Å². The molecule has 1 saturated carbocycles. The van der Waals surface area contributed by atoms with Gasteiger partial charge < -0.3 is 9.32 Å². The molecule has 1 aliphatic rings. The van der Waals surface area contributed by atoms with Crippen molar-refractivity contribution in [2.45, 2.75) is 25.4 Å². The Labute approximate surface area is 152 Å². The molecule has 26 heavy (non-hydrogen) atoms. The molecule has 132 valence electrons. The van der Waals surface area contributed by atoms with Crippen LogP contribution < -0.4 is 0 Å². The van der Waals surface area contributed by atoms with Crippen molar-refractivity contribution in [2.75, 3.05) is 0 Å². The average Bonchev–Trinajstić information content (AvgIpc) is 3.29. The SMILES string of the molecule is O=C(C1CC1c1ccccc1F)N(Cc1ccccc1)Cc1ccco1. The van der Waals surface area contributed by atoms with Crippen LogP contribution in [0, 0.1) is 11.7 Å². The maximum atomic E-state index is 14.0. The van der Waals surface area contributed by atoms with Crippen LogP contribution in [0.5, 0.6) is 0 Å². The van der Waals surface area contributed by atoms with E-state index >= 15 is 0 Å². The fourth-order valence-electron chi connectivity index (χ4n) is 3.43. The van der Waals surface area contributed by atoms with Gasteiger partial charge in [-0.2, -0.15) is 0 Å². The van der Waals surface area contributed by atoms with Gasteiger partial charge in [-0.25, -0.2) is 4.39 Å². The molecule has 3 nitrogen and oxygen atoms in total. The van der Waals surface area contributed by atoms with E-state index in [1.165, 1.54) is 6.07 Å². The molecule has 4 rings (SSSR count). The Morgan fingerprint density at radius 2 is 1.77 bits per heavy atom. The second kappa shape index (κ2) is 7.16. The molecule has 0 saturated heterocycles. The summed E-state index contributed by atoms with van der Waals surface area (Å²) in [5, 5.41) is 0. The number of amides is 1. The Hall–Kier alpha value is -2.88. The summed E-state index contributed by atoms with van der Waals surface area (Å²) in [5.41, 5.74) is 1.71. The van der Waals surface area contributed by atoms with Crippen molar-refractivity contribution >= 4 is 5.91 Å². The van der Waals surface area contributed by atoms with E-state index in [1.54, 1.807) is 23.3 Å². The minimum Gasteiger partial charge on any atom is -0.467 e. The first-order valence-corrected chi connectivity index (χ1v) is 8.82. The highest BCUT2D eigenvalue weighted by Gasteiger charge is 2.46. The first kappa shape index (κ1) is 16.6. The van der Waals surface area contributed by atoms with Crippen LogP contribution in [-0.2, 0) is 17.9 Å². The lowest BCUT2D eigenvalue weighted by Gasteiger charge is -2.22. The maximum Gasteiger partial charge on any atom is 0.227 e. The molecule has 3 aromatic rings. The summed E-state index contributed by atoms with van der Waals surface area (Å²) < 4.78 is 19.5. The topological polar surface area (TPSA) is 33.5 Å². The summed E-state index contributed by atoms with van der Waals surface area (Å²) in [5.74, 6) is 0.383. The highest BCUT2D eigenvalue weighted by Crippen LogP contribution is 2.49. The Morgan fingerprint density at radius 3 is 2.50 bits per heavy atom. The smallest absolute Gasteiger partial charge is 0.227 e. The van der Waals surface area contributed by atoms with Gasteiger partial charge in [0.15, 0.2) is 0 Å². The highest BCUT2D eigenvalue weighted by atomic mass is 19.1. The van der Waals surface area contributed by atoms with Crippen molar-refractivity contribution in [2.24, 2.45) is 5.92 Å². The molecular formula is C22H20FNO2. The van der Waals surface area contributed by atoms with E-state index < -0.39 is 0 Å². The number of rotatable bonds is 6. The van der Waals surface area contributed by atoms with Gasteiger partial charge in [0, 0.05) is 12.5 Å². The van der Waals surface area contributed by atoms with Crippen LogP contribution in [-0.4, -0.2) is 10.8 Å². The van der Waals surface area contributed by atoms with Gasteiger partial charge in [-0.15, -0.1) is 0 Å². The van der Waals surface area contributed by atoms with Crippen LogP contribution in [0.3, 0.4) is 0 Å². The average molecular weight is 349 g/mol. The predicted octanol–water partition coefficient (Wildman–Crippen LogP) is 4.75. The monoisotopic (exact) mass is 349 g/mol. The van der Waals surface area contributed by atoms with Gasteiger partial charge in [0.1, 0.15) is 11.6 Å². The Morgan fingerprint density at radius 1 is 1.00 bits per heavy atom. The zero-order valence-electron chi connectivity index (χ0n) is 14.3. The Kier molecular flexibility index (Phi) is 4.57. The number of carbonyl (C=O) groups excluding carboxylic acids is 1. The van der Waals surface area contributed by atoms with Crippen LogP contribution in [0.25, 0.3) is 0 Å². The van der Waals surface area contributed by atoms with E-state index in [-0.39, 0.29) is 23.6 Å². The van der Waals surface area contributed by atoms with Crippen molar-refractivity contribution in [1.29, 1.82) is 0 Å². The van der Waals surface area contributed by atoms with E-state index in [4.69, 9.17) is 4.42 Å². The molecule has 1 aromatic heterocycles. The number of carbonyl (C=O) groups is 1. The molecule has 1 aliphatic carbocycles. The first-order valence-electron chi connectivity index (χ1n) is 8.82. The molecule has 2 unspecified atom stereocenters. The van der Waals surface area contributed by atoms with Gasteiger partial charge in [0.25, 0.3) is 0 Å². The number of benzene rings is 2. The van der Waals surface area contributed by atoms with E-state index in [2.05, 4.69) is 0 Å². The first-order chi connectivity index (χ1) is 12.7. The lowest BCUT2D eigenvalue weighted by atomic mass is 10.1. The van der Waals surface area contributed by atoms with Crippen LogP contribution in [0.4, 0.5) is 4.39 Å². The number of furan rings is 1. The number of halogens is 1. The summed E-state index contributed by atoms with van der Waals surface area (Å²) in [6.07, 6.45) is 2.31. The zero-order valence-corrected chi connectivity index (χ0v) is 14.3. The fraction of sp³-hybridized carbons (Fsp3) is 0.227. The van der Waals surface area contributed by atoms with Crippen LogP contribution in [0.1, 0.15) is 29.2 Å². The summed E-state index contributed by atoms with van der Waals surface area (Å²) in [7, 11) is 0. The molecular weight excluding hydrogens is 329 g/mol. The molecule has 0 aliphatic heterocycles. The van der Waals surface area contributed by atoms with Crippen LogP contribution in [0.15, 0.2) is 77.4 Å². The third-order valence-corrected chi connectivity index (χ3v) is 4.87. The zero-order chi connectivity index (χ0) is 17.9. The summed E-state index contributed by atoms with van der Waals surface area (Å²) in [6.45, 7) is 0.933.